The minimum atomic E-state index is -0.00841. The number of carbonyl (C=O) groups is 1. The highest BCUT2D eigenvalue weighted by molar-refractivity contribution is 5.94. The highest BCUT2D eigenvalue weighted by Gasteiger charge is 2.26. The Bertz CT molecular complexity index is 876. The second-order valence-electron chi connectivity index (χ2n) is 6.93. The summed E-state index contributed by atoms with van der Waals surface area (Å²) in [7, 11) is 0. The lowest BCUT2D eigenvalue weighted by Crippen LogP contribution is -2.35. The molecular formula is C22H23N3O2. The smallest absolute Gasteiger partial charge is 0.253 e. The molecule has 1 saturated heterocycles. The molecular weight excluding hydrogens is 338 g/mol. The molecule has 2 heterocycles. The predicted molar refractivity (Wildman–Crippen MR) is 104 cm³/mol. The van der Waals surface area contributed by atoms with Crippen LogP contribution in [0.2, 0.25) is 0 Å². The molecule has 1 aliphatic heterocycles. The van der Waals surface area contributed by atoms with Crippen LogP contribution >= 0.6 is 0 Å². The number of H-pyrrole nitrogens is 1. The number of carbonyl (C=O) groups excluding carboxylic acids is 1. The first-order valence-electron chi connectivity index (χ1n) is 9.29. The van der Waals surface area contributed by atoms with Crippen LogP contribution in [0.1, 0.15) is 35.4 Å². The summed E-state index contributed by atoms with van der Waals surface area (Å²) in [5.74, 6) is 0.0512. The number of aromatic amines is 1. The maximum atomic E-state index is 13.0. The molecule has 2 atom stereocenters. The Morgan fingerprint density at radius 2 is 1.93 bits per heavy atom. The Hall–Kier alpha value is -2.92. The largest absolute Gasteiger partial charge is 0.369 e. The van der Waals surface area contributed by atoms with Crippen molar-refractivity contribution in [2.75, 3.05) is 13.1 Å². The number of amides is 1. The van der Waals surface area contributed by atoms with Crippen molar-refractivity contribution < 1.29 is 9.53 Å². The molecule has 0 spiro atoms. The number of benzene rings is 2. The summed E-state index contributed by atoms with van der Waals surface area (Å²) in [5, 5.41) is 0. The van der Waals surface area contributed by atoms with Crippen LogP contribution in [0.5, 0.6) is 0 Å². The molecule has 5 heteroatoms. The van der Waals surface area contributed by atoms with Gasteiger partial charge < -0.3 is 14.6 Å². The maximum Gasteiger partial charge on any atom is 0.253 e. The van der Waals surface area contributed by atoms with Crippen LogP contribution in [0.3, 0.4) is 0 Å². The van der Waals surface area contributed by atoms with Gasteiger partial charge in [-0.05, 0) is 36.6 Å². The van der Waals surface area contributed by atoms with Gasteiger partial charge in [-0.25, -0.2) is 4.98 Å². The number of aromatic nitrogens is 2. The van der Waals surface area contributed by atoms with E-state index in [-0.39, 0.29) is 18.1 Å². The molecule has 0 aliphatic carbocycles. The zero-order valence-corrected chi connectivity index (χ0v) is 15.3. The summed E-state index contributed by atoms with van der Waals surface area (Å²) in [6.07, 6.45) is 4.24. The van der Waals surface area contributed by atoms with Gasteiger partial charge in [0, 0.05) is 18.7 Å². The number of hydrogen-bond donors (Lipinski definition) is 1. The Morgan fingerprint density at radius 1 is 1.15 bits per heavy atom. The maximum absolute atomic E-state index is 13.0. The molecule has 0 radical (unpaired) electrons. The molecule has 0 saturated carbocycles. The molecule has 1 aromatic heterocycles. The van der Waals surface area contributed by atoms with Crippen LogP contribution in [-0.4, -0.2) is 40.0 Å². The van der Waals surface area contributed by atoms with Gasteiger partial charge in [0.05, 0.1) is 30.4 Å². The third-order valence-corrected chi connectivity index (χ3v) is 4.93. The fourth-order valence-electron chi connectivity index (χ4n) is 3.55. The Balaban J connectivity index is 1.47. The van der Waals surface area contributed by atoms with E-state index < -0.39 is 0 Å². The lowest BCUT2D eigenvalue weighted by molar-refractivity contribution is 0.00290. The zero-order chi connectivity index (χ0) is 18.6. The predicted octanol–water partition coefficient (Wildman–Crippen LogP) is 4.07. The Kier molecular flexibility index (Phi) is 5.03. The first-order valence-corrected chi connectivity index (χ1v) is 9.29. The van der Waals surface area contributed by atoms with Crippen LogP contribution in [0.4, 0.5) is 0 Å². The fraction of sp³-hybridized carbons (Fsp3) is 0.273. The number of rotatable bonds is 3. The number of nitrogens with zero attached hydrogens (tertiary/aromatic N) is 2. The molecule has 1 aliphatic rings. The summed E-state index contributed by atoms with van der Waals surface area (Å²) in [4.78, 5) is 22.0. The molecule has 3 aromatic rings. The van der Waals surface area contributed by atoms with E-state index in [2.05, 4.69) is 22.1 Å². The highest BCUT2D eigenvalue weighted by Crippen LogP contribution is 2.27. The van der Waals surface area contributed by atoms with E-state index in [0.717, 1.165) is 17.7 Å². The molecule has 1 fully saturated rings. The quantitative estimate of drug-likeness (QED) is 0.765. The van der Waals surface area contributed by atoms with Crippen molar-refractivity contribution in [1.29, 1.82) is 0 Å². The molecule has 2 unspecified atom stereocenters. The van der Waals surface area contributed by atoms with Crippen molar-refractivity contribution in [2.45, 2.75) is 25.6 Å². The van der Waals surface area contributed by atoms with Gasteiger partial charge in [0.25, 0.3) is 5.91 Å². The lowest BCUT2D eigenvalue weighted by atomic mass is 10.1. The van der Waals surface area contributed by atoms with E-state index in [1.807, 2.05) is 54.3 Å². The van der Waals surface area contributed by atoms with Crippen molar-refractivity contribution in [3.05, 3.63) is 78.2 Å². The zero-order valence-electron chi connectivity index (χ0n) is 15.3. The van der Waals surface area contributed by atoms with Gasteiger partial charge >= 0.3 is 0 Å². The fourth-order valence-corrected chi connectivity index (χ4v) is 3.55. The van der Waals surface area contributed by atoms with Gasteiger partial charge in [-0.3, -0.25) is 4.79 Å². The Labute approximate surface area is 159 Å². The minimum Gasteiger partial charge on any atom is -0.369 e. The van der Waals surface area contributed by atoms with E-state index in [4.69, 9.17) is 4.74 Å². The number of nitrogens with one attached hydrogen (secondary N) is 1. The van der Waals surface area contributed by atoms with Crippen molar-refractivity contribution in [1.82, 2.24) is 14.9 Å². The van der Waals surface area contributed by atoms with Crippen LogP contribution in [0.25, 0.3) is 11.3 Å². The molecule has 1 N–H and O–H groups in total. The standard InChI is InChI=1S/C22H23N3O2/c1-16-14-25(12-11-21(27-16)18-5-3-2-4-6-18)22(26)19-9-7-17(8-10-19)20-13-23-15-24-20/h2-10,13,15-16,21H,11-12,14H2,1H3,(H,23,24). The van der Waals surface area contributed by atoms with Gasteiger partial charge in [-0.1, -0.05) is 42.5 Å². The average molecular weight is 361 g/mol. The summed E-state index contributed by atoms with van der Waals surface area (Å²) >= 11 is 0. The topological polar surface area (TPSA) is 58.2 Å². The molecule has 4 rings (SSSR count). The van der Waals surface area contributed by atoms with Gasteiger partial charge in [0.1, 0.15) is 0 Å². The van der Waals surface area contributed by atoms with E-state index in [0.29, 0.717) is 18.7 Å². The van der Waals surface area contributed by atoms with E-state index in [1.165, 1.54) is 5.56 Å². The van der Waals surface area contributed by atoms with Gasteiger partial charge in [-0.15, -0.1) is 0 Å². The first kappa shape index (κ1) is 17.5. The molecule has 0 bridgehead atoms. The van der Waals surface area contributed by atoms with E-state index in [1.54, 1.807) is 12.5 Å². The third-order valence-electron chi connectivity index (χ3n) is 4.93. The normalized spacial score (nSPS) is 20.3. The third kappa shape index (κ3) is 3.93. The summed E-state index contributed by atoms with van der Waals surface area (Å²) in [6, 6.07) is 17.9. The second-order valence-corrected chi connectivity index (χ2v) is 6.93. The lowest BCUT2D eigenvalue weighted by Gasteiger charge is -2.22. The van der Waals surface area contributed by atoms with Gasteiger partial charge in [0.15, 0.2) is 0 Å². The van der Waals surface area contributed by atoms with Crippen LogP contribution in [-0.2, 0) is 4.74 Å². The van der Waals surface area contributed by atoms with E-state index in [9.17, 15) is 4.79 Å². The van der Waals surface area contributed by atoms with Crippen molar-refractivity contribution in [3.63, 3.8) is 0 Å². The average Bonchev–Trinajstić information content (AvgIpc) is 3.18. The number of ether oxygens (including phenoxy) is 1. The van der Waals surface area contributed by atoms with Gasteiger partial charge in [-0.2, -0.15) is 0 Å². The highest BCUT2D eigenvalue weighted by atomic mass is 16.5. The summed E-state index contributed by atoms with van der Waals surface area (Å²) in [5.41, 5.74) is 3.82. The van der Waals surface area contributed by atoms with Crippen LogP contribution in [0.15, 0.2) is 67.1 Å². The van der Waals surface area contributed by atoms with Crippen molar-refractivity contribution in [3.8, 4) is 11.3 Å². The molecule has 5 nitrogen and oxygen atoms in total. The number of hydrogen-bond acceptors (Lipinski definition) is 3. The van der Waals surface area contributed by atoms with Crippen LogP contribution in [0, 0.1) is 0 Å². The van der Waals surface area contributed by atoms with E-state index >= 15 is 0 Å². The summed E-state index contributed by atoms with van der Waals surface area (Å²) in [6.45, 7) is 3.32. The molecule has 138 valence electrons. The monoisotopic (exact) mass is 361 g/mol. The van der Waals surface area contributed by atoms with Crippen molar-refractivity contribution >= 4 is 5.91 Å². The molecule has 2 aromatic carbocycles. The van der Waals surface area contributed by atoms with Gasteiger partial charge in [0.2, 0.25) is 0 Å². The summed E-state index contributed by atoms with van der Waals surface area (Å²) < 4.78 is 6.18. The second kappa shape index (κ2) is 7.76. The Morgan fingerprint density at radius 3 is 2.63 bits per heavy atom. The molecule has 27 heavy (non-hydrogen) atoms. The first-order chi connectivity index (χ1) is 13.2. The number of imidazole rings is 1. The van der Waals surface area contributed by atoms with Crippen molar-refractivity contribution in [2.24, 2.45) is 0 Å². The minimum absolute atomic E-state index is 0.00841. The van der Waals surface area contributed by atoms with Crippen LogP contribution < -0.4 is 0 Å². The molecule has 1 amide bonds. The SMILES string of the molecule is CC1CN(C(=O)c2ccc(-c3cnc[nH]3)cc2)CCC(c2ccccc2)O1.